The Bertz CT molecular complexity index is 542. The van der Waals surface area contributed by atoms with Crippen LogP contribution in [-0.2, 0) is 41.8 Å². The number of hydrogen-bond acceptors (Lipinski definition) is 9. The molecular weight excluding hydrogens is 367 g/mol. The molecule has 9 nitrogen and oxygen atoms in total. The molecule has 3 aliphatic rings. The van der Waals surface area contributed by atoms with Crippen LogP contribution in [0.4, 0.5) is 0 Å². The minimum Gasteiger partial charge on any atom is -0.342 e. The highest BCUT2D eigenvalue weighted by molar-refractivity contribution is 7.48. The molecule has 0 bridgehead atoms. The van der Waals surface area contributed by atoms with Gasteiger partial charge in [-0.05, 0) is 41.5 Å². The van der Waals surface area contributed by atoms with E-state index < -0.39 is 50.1 Å². The van der Waals surface area contributed by atoms with Crippen molar-refractivity contribution >= 4 is 7.82 Å². The molecule has 26 heavy (non-hydrogen) atoms. The van der Waals surface area contributed by atoms with E-state index in [4.69, 9.17) is 37.3 Å². The number of phosphoric ester groups is 1. The van der Waals surface area contributed by atoms with Gasteiger partial charge in [0.2, 0.25) is 0 Å². The summed E-state index contributed by atoms with van der Waals surface area (Å²) in [6.07, 6.45) is -2.47. The first kappa shape index (κ1) is 20.6. The molecule has 3 aliphatic heterocycles. The van der Waals surface area contributed by atoms with Gasteiger partial charge in [-0.25, -0.2) is 4.57 Å². The Hall–Kier alpha value is -0.0900. The lowest BCUT2D eigenvalue weighted by molar-refractivity contribution is -0.239. The summed E-state index contributed by atoms with van der Waals surface area (Å²) in [5.74, 6) is -1.59. The van der Waals surface area contributed by atoms with Crippen LogP contribution in [0.1, 0.15) is 41.5 Å². The van der Waals surface area contributed by atoms with Gasteiger partial charge in [0.1, 0.15) is 24.4 Å². The monoisotopic (exact) mass is 396 g/mol. The van der Waals surface area contributed by atoms with Gasteiger partial charge in [0.25, 0.3) is 0 Å². The minimum absolute atomic E-state index is 0.0507. The maximum absolute atomic E-state index is 12.6. The summed E-state index contributed by atoms with van der Waals surface area (Å²) >= 11 is 0. The predicted molar refractivity (Wildman–Crippen MR) is 89.3 cm³/mol. The van der Waals surface area contributed by atoms with E-state index in [2.05, 4.69) is 0 Å². The molecule has 3 saturated heterocycles. The molecule has 152 valence electrons. The van der Waals surface area contributed by atoms with Crippen LogP contribution in [0.25, 0.3) is 0 Å². The number of hydrogen-bond donors (Lipinski definition) is 0. The van der Waals surface area contributed by atoms with Gasteiger partial charge in [-0.3, -0.25) is 13.6 Å². The quantitative estimate of drug-likeness (QED) is 0.602. The fourth-order valence-corrected chi connectivity index (χ4v) is 4.61. The zero-order chi connectivity index (χ0) is 19.2. The number of fused-ring (bicyclic) bond motifs is 3. The molecule has 0 unspecified atom stereocenters. The van der Waals surface area contributed by atoms with Crippen LogP contribution in [0.5, 0.6) is 0 Å². The summed E-state index contributed by atoms with van der Waals surface area (Å²) < 4.78 is 58.1. The second-order valence-electron chi connectivity index (χ2n) is 7.29. The molecule has 0 aliphatic carbocycles. The van der Waals surface area contributed by atoms with E-state index in [1.165, 1.54) is 0 Å². The molecule has 0 aromatic carbocycles. The van der Waals surface area contributed by atoms with Gasteiger partial charge in [0.05, 0.1) is 19.8 Å². The van der Waals surface area contributed by atoms with Crippen LogP contribution < -0.4 is 0 Å². The van der Waals surface area contributed by atoms with Gasteiger partial charge in [0, 0.05) is 0 Å². The maximum Gasteiger partial charge on any atom is 0.474 e. The summed E-state index contributed by atoms with van der Waals surface area (Å²) in [7, 11) is -3.66. The molecule has 3 heterocycles. The Morgan fingerprint density at radius 3 is 1.96 bits per heavy atom. The van der Waals surface area contributed by atoms with Gasteiger partial charge >= 0.3 is 7.82 Å². The van der Waals surface area contributed by atoms with Crippen LogP contribution in [0.3, 0.4) is 0 Å². The standard InChI is InChI=1S/C16H29O9P/c1-7-18-26(17,19-8-2)20-9-10-11-12(23-15(3,4)22-11)13-14(21-10)25-16(5,6)24-13/h10-14H,7-9H2,1-6H3/t10-,11+,12+,13-,14-/m1/s1. The highest BCUT2D eigenvalue weighted by atomic mass is 31.2. The first-order valence-corrected chi connectivity index (χ1v) is 10.4. The van der Waals surface area contributed by atoms with Crippen molar-refractivity contribution in [3.8, 4) is 0 Å². The largest absolute Gasteiger partial charge is 0.474 e. The Labute approximate surface area is 154 Å². The van der Waals surface area contributed by atoms with Crippen molar-refractivity contribution in [2.24, 2.45) is 0 Å². The zero-order valence-electron chi connectivity index (χ0n) is 16.1. The first-order valence-electron chi connectivity index (χ1n) is 8.98. The lowest BCUT2D eigenvalue weighted by atomic mass is 9.99. The van der Waals surface area contributed by atoms with E-state index in [1.54, 1.807) is 13.8 Å². The topological polar surface area (TPSA) is 90.9 Å². The molecule has 0 spiro atoms. The van der Waals surface area contributed by atoms with E-state index in [9.17, 15) is 4.57 Å². The SMILES string of the molecule is CCOP(=O)(OCC)OC[C@H]1O[C@@H]2OC(C)(C)O[C@@H]2[C@H]2OC(C)(C)O[C@H]21. The fraction of sp³-hybridized carbons (Fsp3) is 1.00. The van der Waals surface area contributed by atoms with E-state index >= 15 is 0 Å². The Kier molecular flexibility index (Phi) is 5.86. The van der Waals surface area contributed by atoms with Crippen molar-refractivity contribution in [1.82, 2.24) is 0 Å². The average Bonchev–Trinajstić information content (AvgIpc) is 2.99. The Balaban J connectivity index is 1.74. The van der Waals surface area contributed by atoms with Gasteiger partial charge in [-0.1, -0.05) is 0 Å². The fourth-order valence-electron chi connectivity index (χ4n) is 3.42. The Morgan fingerprint density at radius 1 is 0.808 bits per heavy atom. The summed E-state index contributed by atoms with van der Waals surface area (Å²) in [4.78, 5) is 0. The molecule has 0 amide bonds. The third-order valence-corrected chi connectivity index (χ3v) is 5.84. The molecule has 5 atom stereocenters. The van der Waals surface area contributed by atoms with Crippen LogP contribution in [0, 0.1) is 0 Å². The summed E-state index contributed by atoms with van der Waals surface area (Å²) in [5, 5.41) is 0. The van der Waals surface area contributed by atoms with E-state index in [1.807, 2.05) is 27.7 Å². The molecule has 10 heteroatoms. The smallest absolute Gasteiger partial charge is 0.342 e. The molecule has 0 radical (unpaired) electrons. The second kappa shape index (κ2) is 7.39. The van der Waals surface area contributed by atoms with E-state index in [0.29, 0.717) is 0 Å². The maximum atomic E-state index is 12.6. The van der Waals surface area contributed by atoms with Crippen molar-refractivity contribution in [1.29, 1.82) is 0 Å². The van der Waals surface area contributed by atoms with E-state index in [0.717, 1.165) is 0 Å². The van der Waals surface area contributed by atoms with Crippen LogP contribution in [0.15, 0.2) is 0 Å². The molecule has 0 aromatic heterocycles. The lowest BCUT2D eigenvalue weighted by Crippen LogP contribution is -2.56. The summed E-state index contributed by atoms with van der Waals surface area (Å²) in [6, 6.07) is 0. The third kappa shape index (κ3) is 4.32. The van der Waals surface area contributed by atoms with Crippen LogP contribution in [-0.4, -0.2) is 62.1 Å². The third-order valence-electron chi connectivity index (χ3n) is 4.22. The van der Waals surface area contributed by atoms with Gasteiger partial charge < -0.3 is 23.7 Å². The number of ether oxygens (including phenoxy) is 5. The average molecular weight is 396 g/mol. The molecule has 0 N–H and O–H groups in total. The predicted octanol–water partition coefficient (Wildman–Crippen LogP) is 2.58. The van der Waals surface area contributed by atoms with E-state index in [-0.39, 0.29) is 19.8 Å². The highest BCUT2D eigenvalue weighted by Crippen LogP contribution is 2.51. The van der Waals surface area contributed by atoms with Gasteiger partial charge in [0.15, 0.2) is 17.9 Å². The normalized spacial score (nSPS) is 38.2. The highest BCUT2D eigenvalue weighted by Gasteiger charge is 2.60. The molecule has 0 saturated carbocycles. The molecular formula is C16H29O9P. The first-order chi connectivity index (χ1) is 12.1. The summed E-state index contributed by atoms with van der Waals surface area (Å²) in [6.45, 7) is 11.1. The van der Waals surface area contributed by atoms with Crippen LogP contribution in [0.2, 0.25) is 0 Å². The number of phosphoric acid groups is 1. The van der Waals surface area contributed by atoms with Crippen LogP contribution >= 0.6 is 7.82 Å². The molecule has 0 aromatic rings. The number of rotatable bonds is 7. The lowest BCUT2D eigenvalue weighted by Gasteiger charge is -2.37. The minimum atomic E-state index is -3.66. The zero-order valence-corrected chi connectivity index (χ0v) is 17.0. The molecule has 3 fully saturated rings. The van der Waals surface area contributed by atoms with Gasteiger partial charge in [-0.15, -0.1) is 0 Å². The van der Waals surface area contributed by atoms with Crippen molar-refractivity contribution < 1.29 is 41.8 Å². The summed E-state index contributed by atoms with van der Waals surface area (Å²) in [5.41, 5.74) is 0. The molecule has 3 rings (SSSR count). The van der Waals surface area contributed by atoms with Crippen molar-refractivity contribution in [2.45, 2.75) is 83.8 Å². The Morgan fingerprint density at radius 2 is 1.35 bits per heavy atom. The van der Waals surface area contributed by atoms with Crippen molar-refractivity contribution in [3.05, 3.63) is 0 Å². The van der Waals surface area contributed by atoms with Crippen molar-refractivity contribution in [3.63, 3.8) is 0 Å². The van der Waals surface area contributed by atoms with Crippen molar-refractivity contribution in [2.75, 3.05) is 19.8 Å². The second-order valence-corrected chi connectivity index (χ2v) is 8.96. The van der Waals surface area contributed by atoms with Gasteiger partial charge in [-0.2, -0.15) is 0 Å².